The molecule has 7 heteroatoms. The smallest absolute Gasteiger partial charge is 0.307 e. The normalized spacial score (nSPS) is 17.2. The number of carbonyl (C=O) groups excluding carboxylic acids is 2. The van der Waals surface area contributed by atoms with Crippen molar-refractivity contribution in [1.29, 1.82) is 0 Å². The maximum atomic E-state index is 11.7. The maximum absolute atomic E-state index is 11.7. The van der Waals surface area contributed by atoms with Gasteiger partial charge in [-0.2, -0.15) is 0 Å². The molecule has 0 radical (unpaired) electrons. The van der Waals surface area contributed by atoms with E-state index in [9.17, 15) is 9.59 Å². The van der Waals surface area contributed by atoms with Gasteiger partial charge in [0.15, 0.2) is 0 Å². The van der Waals surface area contributed by atoms with E-state index in [4.69, 9.17) is 10.5 Å². The molecule has 2 heterocycles. The summed E-state index contributed by atoms with van der Waals surface area (Å²) in [5, 5.41) is 0. The second-order valence-electron chi connectivity index (χ2n) is 7.13. The topological polar surface area (TPSA) is 90.4 Å². The number of imidazole rings is 1. The lowest BCUT2D eigenvalue weighted by molar-refractivity contribution is -0.148. The lowest BCUT2D eigenvalue weighted by Gasteiger charge is -2.13. The Morgan fingerprint density at radius 2 is 2.22 bits per heavy atom. The van der Waals surface area contributed by atoms with E-state index in [0.717, 1.165) is 63.8 Å². The Kier molecular flexibility index (Phi) is 11.4. The minimum absolute atomic E-state index is 0.0327. The van der Waals surface area contributed by atoms with Crippen LogP contribution in [0.2, 0.25) is 0 Å². The van der Waals surface area contributed by atoms with Crippen molar-refractivity contribution >= 4 is 12.4 Å². The molecule has 27 heavy (non-hydrogen) atoms. The second-order valence-corrected chi connectivity index (χ2v) is 7.13. The molecule has 0 saturated carbocycles. The third-order valence-electron chi connectivity index (χ3n) is 4.53. The number of esters is 1. The Bertz CT molecular complexity index is 547. The zero-order valence-corrected chi connectivity index (χ0v) is 17.1. The molecule has 2 atom stereocenters. The van der Waals surface area contributed by atoms with Crippen molar-refractivity contribution in [2.45, 2.75) is 84.4 Å². The summed E-state index contributed by atoms with van der Waals surface area (Å²) in [5.41, 5.74) is 5.50. The van der Waals surface area contributed by atoms with Crippen LogP contribution < -0.4 is 5.73 Å². The first-order chi connectivity index (χ1) is 13.0. The number of ether oxygens (including phenoxy) is 1. The molecule has 154 valence electrons. The van der Waals surface area contributed by atoms with Gasteiger partial charge in [-0.05, 0) is 26.2 Å². The van der Waals surface area contributed by atoms with Crippen LogP contribution in [0, 0.1) is 0 Å². The van der Waals surface area contributed by atoms with Gasteiger partial charge in [0.25, 0.3) is 0 Å². The van der Waals surface area contributed by atoms with E-state index in [1.165, 1.54) is 0 Å². The number of carbonyl (C=O) groups is 2. The standard InChI is InChI=1S/C15H26N2O2.C5H10N2O/c1-4-6-8-13(3)19-15(18)9-11-17-12-10-16-14(17)7-5-2;6-5-1-2-7(3-5)4-8/h10,12-13H,4-9,11H2,1-3H3;4-5H,1-3,6H2. The number of hydrogen-bond donors (Lipinski definition) is 1. The van der Waals surface area contributed by atoms with Crippen LogP contribution in [0.25, 0.3) is 0 Å². The predicted molar refractivity (Wildman–Crippen MR) is 106 cm³/mol. The lowest BCUT2D eigenvalue weighted by atomic mass is 10.2. The molecule has 1 amide bonds. The summed E-state index contributed by atoms with van der Waals surface area (Å²) in [6.45, 7) is 8.47. The van der Waals surface area contributed by atoms with Gasteiger partial charge in [0, 0.05) is 44.5 Å². The molecule has 1 aromatic rings. The number of aryl methyl sites for hydroxylation is 2. The number of nitrogens with two attached hydrogens (primary N) is 1. The van der Waals surface area contributed by atoms with E-state index in [2.05, 4.69) is 18.8 Å². The van der Waals surface area contributed by atoms with Gasteiger partial charge in [-0.3, -0.25) is 9.59 Å². The number of rotatable bonds is 10. The molecule has 0 aliphatic carbocycles. The SMILES string of the molecule is CCCCC(C)OC(=O)CCn1ccnc1CCC.NC1CCN(C=O)C1. The molecule has 7 nitrogen and oxygen atoms in total. The Labute approximate surface area is 163 Å². The quantitative estimate of drug-likeness (QED) is 0.497. The fraction of sp³-hybridized carbons (Fsp3) is 0.750. The van der Waals surface area contributed by atoms with E-state index in [0.29, 0.717) is 13.0 Å². The molecule has 0 bridgehead atoms. The van der Waals surface area contributed by atoms with Crippen molar-refractivity contribution in [2.75, 3.05) is 13.1 Å². The van der Waals surface area contributed by atoms with E-state index in [1.54, 1.807) is 11.1 Å². The highest BCUT2D eigenvalue weighted by Gasteiger charge is 2.16. The van der Waals surface area contributed by atoms with E-state index in [1.807, 2.05) is 17.7 Å². The van der Waals surface area contributed by atoms with Gasteiger partial charge < -0.3 is 19.9 Å². The summed E-state index contributed by atoms with van der Waals surface area (Å²) in [7, 11) is 0. The minimum Gasteiger partial charge on any atom is -0.463 e. The molecule has 0 spiro atoms. The van der Waals surface area contributed by atoms with E-state index in [-0.39, 0.29) is 18.1 Å². The van der Waals surface area contributed by atoms with Crippen molar-refractivity contribution in [1.82, 2.24) is 14.5 Å². The molecule has 1 fully saturated rings. The first-order valence-electron chi connectivity index (χ1n) is 10.1. The summed E-state index contributed by atoms with van der Waals surface area (Å²) in [6.07, 6.45) is 11.2. The molecule has 1 aliphatic heterocycles. The average molecular weight is 381 g/mol. The first-order valence-corrected chi connectivity index (χ1v) is 10.1. The Morgan fingerprint density at radius 1 is 1.44 bits per heavy atom. The molecular formula is C20H36N4O3. The van der Waals surface area contributed by atoms with Gasteiger partial charge in [-0.25, -0.2) is 4.98 Å². The van der Waals surface area contributed by atoms with Crippen molar-refractivity contribution < 1.29 is 14.3 Å². The predicted octanol–water partition coefficient (Wildman–Crippen LogP) is 2.52. The molecule has 1 saturated heterocycles. The van der Waals surface area contributed by atoms with Crippen LogP contribution in [-0.2, 0) is 27.3 Å². The van der Waals surface area contributed by atoms with E-state index < -0.39 is 0 Å². The van der Waals surface area contributed by atoms with Crippen molar-refractivity contribution in [3.63, 3.8) is 0 Å². The Morgan fingerprint density at radius 3 is 2.78 bits per heavy atom. The van der Waals surface area contributed by atoms with Crippen LogP contribution in [0.5, 0.6) is 0 Å². The fourth-order valence-corrected chi connectivity index (χ4v) is 2.95. The van der Waals surface area contributed by atoms with Crippen molar-refractivity contribution in [3.05, 3.63) is 18.2 Å². The van der Waals surface area contributed by atoms with Crippen LogP contribution in [0.3, 0.4) is 0 Å². The molecular weight excluding hydrogens is 344 g/mol. The Hall–Kier alpha value is -1.89. The third-order valence-corrected chi connectivity index (χ3v) is 4.53. The van der Waals surface area contributed by atoms with Gasteiger partial charge >= 0.3 is 5.97 Å². The van der Waals surface area contributed by atoms with Gasteiger partial charge in [-0.1, -0.05) is 26.7 Å². The monoisotopic (exact) mass is 380 g/mol. The van der Waals surface area contributed by atoms with E-state index >= 15 is 0 Å². The van der Waals surface area contributed by atoms with Gasteiger partial charge in [0.2, 0.25) is 6.41 Å². The zero-order chi connectivity index (χ0) is 20.1. The number of unbranched alkanes of at least 4 members (excludes halogenated alkanes) is 1. The van der Waals surface area contributed by atoms with Crippen LogP contribution >= 0.6 is 0 Å². The average Bonchev–Trinajstić information content (AvgIpc) is 3.27. The molecule has 2 unspecified atom stereocenters. The van der Waals surface area contributed by atoms with Crippen LogP contribution in [0.15, 0.2) is 12.4 Å². The Balaban J connectivity index is 0.000000377. The molecule has 0 aromatic carbocycles. The summed E-state index contributed by atoms with van der Waals surface area (Å²) < 4.78 is 7.42. The molecule has 2 rings (SSSR count). The number of nitrogens with zero attached hydrogens (tertiary/aromatic N) is 3. The molecule has 1 aliphatic rings. The highest BCUT2D eigenvalue weighted by molar-refractivity contribution is 5.69. The summed E-state index contributed by atoms with van der Waals surface area (Å²) in [6, 6.07) is 0.222. The molecule has 1 aromatic heterocycles. The fourth-order valence-electron chi connectivity index (χ4n) is 2.95. The van der Waals surface area contributed by atoms with Crippen LogP contribution in [0.4, 0.5) is 0 Å². The third kappa shape index (κ3) is 9.56. The maximum Gasteiger partial charge on any atom is 0.307 e. The summed E-state index contributed by atoms with van der Waals surface area (Å²) in [4.78, 5) is 27.7. The summed E-state index contributed by atoms with van der Waals surface area (Å²) in [5.74, 6) is 0.939. The highest BCUT2D eigenvalue weighted by atomic mass is 16.5. The largest absolute Gasteiger partial charge is 0.463 e. The van der Waals surface area contributed by atoms with Crippen molar-refractivity contribution in [3.8, 4) is 0 Å². The first kappa shape index (κ1) is 23.1. The van der Waals surface area contributed by atoms with Crippen molar-refractivity contribution in [2.24, 2.45) is 5.73 Å². The van der Waals surface area contributed by atoms with Gasteiger partial charge in [-0.15, -0.1) is 0 Å². The number of aromatic nitrogens is 2. The summed E-state index contributed by atoms with van der Waals surface area (Å²) >= 11 is 0. The zero-order valence-electron chi connectivity index (χ0n) is 17.1. The minimum atomic E-state index is -0.111. The number of amides is 1. The van der Waals surface area contributed by atoms with Crippen LogP contribution in [0.1, 0.15) is 65.1 Å². The second kappa shape index (κ2) is 13.3. The van der Waals surface area contributed by atoms with Crippen LogP contribution in [-0.4, -0.2) is 52.1 Å². The number of likely N-dealkylation sites (tertiary alicyclic amines) is 1. The highest BCUT2D eigenvalue weighted by Crippen LogP contribution is 2.07. The van der Waals surface area contributed by atoms with Gasteiger partial charge in [0.05, 0.1) is 12.5 Å². The number of hydrogen-bond acceptors (Lipinski definition) is 5. The lowest BCUT2D eigenvalue weighted by Crippen LogP contribution is -2.25. The van der Waals surface area contributed by atoms with Gasteiger partial charge in [0.1, 0.15) is 5.82 Å². The molecule has 2 N–H and O–H groups in total.